The van der Waals surface area contributed by atoms with Crippen molar-refractivity contribution in [2.45, 2.75) is 63.8 Å². The van der Waals surface area contributed by atoms with E-state index in [1.807, 2.05) is 0 Å². The average molecular weight is 438 g/mol. The van der Waals surface area contributed by atoms with Gasteiger partial charge in [0.15, 0.2) is 5.79 Å². The molecule has 0 aromatic heterocycles. The summed E-state index contributed by atoms with van der Waals surface area (Å²) < 4.78 is 64.0. The number of rotatable bonds is 10. The van der Waals surface area contributed by atoms with Crippen LogP contribution >= 0.6 is 7.60 Å². The van der Waals surface area contributed by atoms with Crippen LogP contribution in [-0.4, -0.2) is 49.0 Å². The number of hydrogen-bond donors (Lipinski definition) is 1. The van der Waals surface area contributed by atoms with E-state index in [0.29, 0.717) is 31.6 Å². The van der Waals surface area contributed by atoms with E-state index in [1.165, 1.54) is 13.8 Å². The van der Waals surface area contributed by atoms with Gasteiger partial charge in [-0.05, 0) is 44.9 Å². The molecule has 0 amide bonds. The molecule has 1 heterocycles. The van der Waals surface area contributed by atoms with Crippen LogP contribution in [0, 0.1) is 11.8 Å². The van der Waals surface area contributed by atoms with E-state index in [4.69, 9.17) is 18.5 Å². The molecule has 0 aromatic carbocycles. The number of aliphatic carboxylic acids is 1. The minimum Gasteiger partial charge on any atom is -0.478 e. The molecule has 3 rings (SSSR count). The fraction of sp³-hybridized carbons (Fsp3) is 0.842. The SMILES string of the molecule is CCOP(=O)(OCC)C(F)(F)CC(C1=C(C(=O)O)CC2(CC1)OCCO2)C1CC1. The smallest absolute Gasteiger partial charge is 0.399 e. The highest BCUT2D eigenvalue weighted by molar-refractivity contribution is 7.55. The zero-order valence-electron chi connectivity index (χ0n) is 16.8. The van der Waals surface area contributed by atoms with Gasteiger partial charge in [0.2, 0.25) is 0 Å². The highest BCUT2D eigenvalue weighted by atomic mass is 31.2. The number of carboxylic acid groups (broad SMARTS) is 1. The van der Waals surface area contributed by atoms with Crippen molar-refractivity contribution in [3.8, 4) is 0 Å². The molecule has 10 heteroatoms. The van der Waals surface area contributed by atoms with Crippen molar-refractivity contribution in [2.24, 2.45) is 11.8 Å². The number of hydrogen-bond acceptors (Lipinski definition) is 6. The van der Waals surface area contributed by atoms with Crippen LogP contribution in [0.25, 0.3) is 0 Å². The molecular formula is C19H29F2O7P. The van der Waals surface area contributed by atoms with Crippen LogP contribution in [0.15, 0.2) is 11.1 Å². The molecule has 1 saturated carbocycles. The topological polar surface area (TPSA) is 91.3 Å². The number of carboxylic acids is 1. The molecule has 166 valence electrons. The van der Waals surface area contributed by atoms with Gasteiger partial charge in [-0.15, -0.1) is 0 Å². The summed E-state index contributed by atoms with van der Waals surface area (Å²) in [5.74, 6) is -2.87. The molecule has 1 saturated heterocycles. The van der Waals surface area contributed by atoms with Crippen molar-refractivity contribution in [1.82, 2.24) is 0 Å². The minimum atomic E-state index is -4.66. The van der Waals surface area contributed by atoms with Crippen LogP contribution in [0.5, 0.6) is 0 Å². The van der Waals surface area contributed by atoms with Gasteiger partial charge in [0, 0.05) is 24.8 Å². The van der Waals surface area contributed by atoms with E-state index in [1.54, 1.807) is 0 Å². The fourth-order valence-electron chi connectivity index (χ4n) is 4.33. The van der Waals surface area contributed by atoms with Gasteiger partial charge in [0.05, 0.1) is 26.4 Å². The third-order valence-electron chi connectivity index (χ3n) is 5.78. The Morgan fingerprint density at radius 1 is 1.28 bits per heavy atom. The zero-order chi connectivity index (χ0) is 21.3. The highest BCUT2D eigenvalue weighted by Crippen LogP contribution is 2.66. The van der Waals surface area contributed by atoms with Crippen LogP contribution in [0.4, 0.5) is 8.78 Å². The van der Waals surface area contributed by atoms with Gasteiger partial charge in [-0.25, -0.2) is 4.79 Å². The van der Waals surface area contributed by atoms with Crippen LogP contribution in [0.2, 0.25) is 0 Å². The molecule has 29 heavy (non-hydrogen) atoms. The monoisotopic (exact) mass is 438 g/mol. The molecular weight excluding hydrogens is 409 g/mol. The Morgan fingerprint density at radius 2 is 1.86 bits per heavy atom. The second-order valence-electron chi connectivity index (χ2n) is 7.74. The van der Waals surface area contributed by atoms with E-state index in [9.17, 15) is 14.5 Å². The molecule has 2 fully saturated rings. The minimum absolute atomic E-state index is 0.0288. The summed E-state index contributed by atoms with van der Waals surface area (Å²) in [5.41, 5.74) is -3.14. The van der Waals surface area contributed by atoms with E-state index in [0.717, 1.165) is 12.8 Å². The first-order chi connectivity index (χ1) is 13.7. The van der Waals surface area contributed by atoms with Crippen LogP contribution < -0.4 is 0 Å². The second kappa shape index (κ2) is 8.71. The van der Waals surface area contributed by atoms with Gasteiger partial charge in [0.1, 0.15) is 0 Å². The summed E-state index contributed by atoms with van der Waals surface area (Å²) in [6.45, 7) is 3.40. The standard InChI is InChI=1S/C19H29F2O7P/c1-3-27-29(24,28-4-2)19(20,21)12-15(13-5-6-13)14-7-8-18(25-9-10-26-18)11-16(14)17(22)23/h13,15H,3-12H2,1-2H3,(H,22,23). The number of allylic oxidation sites excluding steroid dienone is 1. The van der Waals surface area contributed by atoms with Gasteiger partial charge >= 0.3 is 19.2 Å². The lowest BCUT2D eigenvalue weighted by atomic mass is 9.78. The zero-order valence-corrected chi connectivity index (χ0v) is 17.7. The maximum absolute atomic E-state index is 15.1. The van der Waals surface area contributed by atoms with Crippen molar-refractivity contribution >= 4 is 13.6 Å². The molecule has 3 aliphatic rings. The largest absolute Gasteiger partial charge is 0.478 e. The van der Waals surface area contributed by atoms with E-state index in [2.05, 4.69) is 0 Å². The van der Waals surface area contributed by atoms with Crippen molar-refractivity contribution in [2.75, 3.05) is 26.4 Å². The first kappa shape index (κ1) is 22.8. The van der Waals surface area contributed by atoms with Gasteiger partial charge in [-0.2, -0.15) is 8.78 Å². The van der Waals surface area contributed by atoms with Crippen LogP contribution in [-0.2, 0) is 27.9 Å². The molecule has 1 atom stereocenters. The van der Waals surface area contributed by atoms with Crippen molar-refractivity contribution in [3.63, 3.8) is 0 Å². The average Bonchev–Trinajstić information content (AvgIpc) is 3.41. The molecule has 1 N–H and O–H groups in total. The second-order valence-corrected chi connectivity index (χ2v) is 9.91. The Balaban J connectivity index is 1.90. The first-order valence-corrected chi connectivity index (χ1v) is 11.7. The normalized spacial score (nSPS) is 23.6. The Hall–Kier alpha value is -0.860. The third kappa shape index (κ3) is 4.74. The summed E-state index contributed by atoms with van der Waals surface area (Å²) in [6.07, 6.45) is 1.47. The Bertz CT molecular complexity index is 689. The molecule has 1 spiro atoms. The third-order valence-corrected chi connectivity index (χ3v) is 7.96. The molecule has 0 radical (unpaired) electrons. The molecule has 1 aliphatic heterocycles. The highest BCUT2D eigenvalue weighted by Gasteiger charge is 2.57. The van der Waals surface area contributed by atoms with Gasteiger partial charge in [0.25, 0.3) is 0 Å². The van der Waals surface area contributed by atoms with E-state index >= 15 is 8.78 Å². The fourth-order valence-corrected chi connectivity index (χ4v) is 5.88. The van der Waals surface area contributed by atoms with Gasteiger partial charge < -0.3 is 23.6 Å². The number of halogens is 2. The van der Waals surface area contributed by atoms with Crippen molar-refractivity contribution < 1.29 is 41.8 Å². The van der Waals surface area contributed by atoms with Crippen LogP contribution in [0.3, 0.4) is 0 Å². The first-order valence-electron chi connectivity index (χ1n) is 10.2. The maximum Gasteiger partial charge on any atom is 0.399 e. The summed E-state index contributed by atoms with van der Waals surface area (Å²) in [4.78, 5) is 12.0. The molecule has 0 bridgehead atoms. The van der Waals surface area contributed by atoms with Gasteiger partial charge in [-0.1, -0.05) is 5.57 Å². The predicted octanol–water partition coefficient (Wildman–Crippen LogP) is 4.57. The Morgan fingerprint density at radius 3 is 2.34 bits per heavy atom. The molecule has 1 unspecified atom stereocenters. The lowest BCUT2D eigenvalue weighted by Gasteiger charge is -2.37. The lowest BCUT2D eigenvalue weighted by Crippen LogP contribution is -2.37. The van der Waals surface area contributed by atoms with Gasteiger partial charge in [-0.3, -0.25) is 4.57 Å². The molecule has 2 aliphatic carbocycles. The van der Waals surface area contributed by atoms with E-state index < -0.39 is 37.4 Å². The maximum atomic E-state index is 15.1. The Kier molecular flexibility index (Phi) is 6.85. The van der Waals surface area contributed by atoms with Crippen molar-refractivity contribution in [3.05, 3.63) is 11.1 Å². The molecule has 0 aromatic rings. The lowest BCUT2D eigenvalue weighted by molar-refractivity contribution is -0.168. The summed E-state index contributed by atoms with van der Waals surface area (Å²) in [5, 5.41) is 9.77. The van der Waals surface area contributed by atoms with Crippen LogP contribution in [0.1, 0.15) is 52.4 Å². The number of carbonyl (C=O) groups is 1. The quantitative estimate of drug-likeness (QED) is 0.500. The summed E-state index contributed by atoms with van der Waals surface area (Å²) in [7, 11) is -4.66. The molecule has 7 nitrogen and oxygen atoms in total. The summed E-state index contributed by atoms with van der Waals surface area (Å²) >= 11 is 0. The van der Waals surface area contributed by atoms with Crippen molar-refractivity contribution in [1.29, 1.82) is 0 Å². The van der Waals surface area contributed by atoms with E-state index in [-0.39, 0.29) is 31.1 Å². The predicted molar refractivity (Wildman–Crippen MR) is 99.8 cm³/mol. The number of alkyl halides is 2. The Labute approximate surface area is 169 Å². The summed E-state index contributed by atoms with van der Waals surface area (Å²) in [6, 6.07) is 0. The number of ether oxygens (including phenoxy) is 2.